The second-order valence-corrected chi connectivity index (χ2v) is 7.51. The van der Waals surface area contributed by atoms with Crippen molar-refractivity contribution in [2.24, 2.45) is 0 Å². The molecule has 1 aliphatic carbocycles. The van der Waals surface area contributed by atoms with Crippen LogP contribution in [0.5, 0.6) is 0 Å². The summed E-state index contributed by atoms with van der Waals surface area (Å²) in [5.41, 5.74) is 4.98. The van der Waals surface area contributed by atoms with Gasteiger partial charge in [-0.1, -0.05) is 79.8 Å². The Kier molecular flexibility index (Phi) is 3.83. The Bertz CT molecular complexity index is 1040. The molecule has 1 nitrogen and oxygen atoms in total. The van der Waals surface area contributed by atoms with E-state index in [-0.39, 0.29) is 5.57 Å². The van der Waals surface area contributed by atoms with Crippen LogP contribution < -0.4 is 0 Å². The lowest BCUT2D eigenvalue weighted by Gasteiger charge is -2.25. The lowest BCUT2D eigenvalue weighted by Crippen LogP contribution is -2.17. The number of benzene rings is 2. The molecule has 0 atom stereocenters. The van der Waals surface area contributed by atoms with Crippen LogP contribution in [-0.4, -0.2) is 11.3 Å². The highest BCUT2D eigenvalue weighted by Gasteiger charge is 2.22. The SMILES string of the molecule is [2H]C([2H])([2H])C1=C[N+](=C)[C-](c2ccccc2C)C=C1c1ccc(C2([2H])CCCCC2)cc1. The average molecular weight is 360 g/mol. The van der Waals surface area contributed by atoms with Gasteiger partial charge >= 0.3 is 0 Å². The molecule has 1 fully saturated rings. The van der Waals surface area contributed by atoms with Gasteiger partial charge in [-0.05, 0) is 53.9 Å². The molecule has 2 aromatic rings. The molecule has 2 aliphatic rings. The highest BCUT2D eigenvalue weighted by Crippen LogP contribution is 2.36. The van der Waals surface area contributed by atoms with Gasteiger partial charge in [0, 0.05) is 5.48 Å². The normalized spacial score (nSPS) is 22.1. The molecule has 0 saturated heterocycles. The van der Waals surface area contributed by atoms with Crippen LogP contribution >= 0.6 is 0 Å². The third kappa shape index (κ3) is 3.64. The zero-order valence-corrected chi connectivity index (χ0v) is 16.0. The highest BCUT2D eigenvalue weighted by molar-refractivity contribution is 5.81. The summed E-state index contributed by atoms with van der Waals surface area (Å²) in [7, 11) is 0. The lowest BCUT2D eigenvalue weighted by molar-refractivity contribution is -0.418. The highest BCUT2D eigenvalue weighted by atomic mass is 15.0. The molecule has 1 heterocycles. The zero-order chi connectivity index (χ0) is 22.2. The Morgan fingerprint density at radius 2 is 1.81 bits per heavy atom. The molecule has 0 radical (unpaired) electrons. The summed E-state index contributed by atoms with van der Waals surface area (Å²) in [6.45, 7) is 3.86. The summed E-state index contributed by atoms with van der Waals surface area (Å²) in [5.74, 6) is -0.525. The maximum absolute atomic E-state index is 8.87. The van der Waals surface area contributed by atoms with E-state index in [0.29, 0.717) is 5.57 Å². The fraction of sp³-hybridized carbons (Fsp3) is 0.308. The van der Waals surface area contributed by atoms with E-state index < -0.39 is 12.7 Å². The van der Waals surface area contributed by atoms with Crippen LogP contribution in [0.3, 0.4) is 0 Å². The number of hydrogen-bond acceptors (Lipinski definition) is 0. The molecule has 0 amide bonds. The monoisotopic (exact) mass is 359 g/mol. The van der Waals surface area contributed by atoms with E-state index in [0.717, 1.165) is 54.0 Å². The molecule has 0 aromatic heterocycles. The van der Waals surface area contributed by atoms with E-state index in [2.05, 4.69) is 6.72 Å². The minimum atomic E-state index is -2.25. The minimum absolute atomic E-state index is 0.283. The smallest absolute Gasteiger partial charge is 0.147 e. The largest absolute Gasteiger partial charge is 0.255 e. The zero-order valence-electron chi connectivity index (χ0n) is 20.0. The van der Waals surface area contributed by atoms with Crippen molar-refractivity contribution in [1.29, 1.82) is 0 Å². The van der Waals surface area contributed by atoms with Crippen molar-refractivity contribution in [2.45, 2.75) is 51.8 Å². The van der Waals surface area contributed by atoms with E-state index in [4.69, 9.17) is 5.48 Å². The molecule has 2 aromatic carbocycles. The van der Waals surface area contributed by atoms with Gasteiger partial charge in [0.15, 0.2) is 0 Å². The van der Waals surface area contributed by atoms with E-state index >= 15 is 0 Å². The topological polar surface area (TPSA) is 3.01 Å². The van der Waals surface area contributed by atoms with Gasteiger partial charge in [-0.2, -0.15) is 0 Å². The third-order valence-electron chi connectivity index (χ3n) is 5.65. The molecule has 4 rings (SSSR count). The quantitative estimate of drug-likeness (QED) is 0.427. The predicted molar refractivity (Wildman–Crippen MR) is 115 cm³/mol. The first-order valence-electron chi connectivity index (χ1n) is 11.8. The first-order valence-corrected chi connectivity index (χ1v) is 9.77. The molecule has 0 N–H and O–H groups in total. The Morgan fingerprint density at radius 1 is 1.07 bits per heavy atom. The molecular weight excluding hydrogens is 326 g/mol. The van der Waals surface area contributed by atoms with Gasteiger partial charge in [0.05, 0.1) is 6.72 Å². The van der Waals surface area contributed by atoms with E-state index in [9.17, 15) is 0 Å². The maximum Gasteiger partial charge on any atom is 0.147 e. The number of rotatable bonds is 3. The van der Waals surface area contributed by atoms with Crippen molar-refractivity contribution in [3.05, 3.63) is 94.7 Å². The van der Waals surface area contributed by atoms with Crippen LogP contribution in [0.25, 0.3) is 5.57 Å². The first kappa shape index (κ1) is 13.6. The minimum Gasteiger partial charge on any atom is -0.255 e. The van der Waals surface area contributed by atoms with Gasteiger partial charge in [-0.25, -0.2) is 0 Å². The van der Waals surface area contributed by atoms with Gasteiger partial charge < -0.3 is 0 Å². The van der Waals surface area contributed by atoms with Crippen molar-refractivity contribution in [1.82, 2.24) is 0 Å². The van der Waals surface area contributed by atoms with Crippen molar-refractivity contribution in [3.63, 3.8) is 0 Å². The lowest BCUT2D eigenvalue weighted by atomic mass is 9.83. The maximum atomic E-state index is 8.87. The van der Waals surface area contributed by atoms with Crippen molar-refractivity contribution in [2.75, 3.05) is 0 Å². The van der Waals surface area contributed by atoms with Crippen molar-refractivity contribution in [3.8, 4) is 0 Å². The molecule has 1 aliphatic heterocycles. The Hall–Kier alpha value is -2.54. The number of allylic oxidation sites excluding steroid dienone is 2. The summed E-state index contributed by atoms with van der Waals surface area (Å²) in [6.07, 6.45) is 8.73. The Balaban J connectivity index is 1.75. The molecule has 0 unspecified atom stereocenters. The summed E-state index contributed by atoms with van der Waals surface area (Å²) in [6, 6.07) is 16.9. The van der Waals surface area contributed by atoms with Crippen molar-refractivity contribution >= 4 is 12.3 Å². The van der Waals surface area contributed by atoms with Gasteiger partial charge in [0.25, 0.3) is 0 Å². The predicted octanol–water partition coefficient (Wildman–Crippen LogP) is 6.64. The standard InChI is InChI=1S/C26H29N/c1-19-9-7-8-12-24(19)26-17-25(20(2)18-27(26)3)23-15-13-22(14-16-23)21-10-5-4-6-11-21/h7-9,12-18,21H,3-6,10-11H2,1-2H3/i2D3,21D. The summed E-state index contributed by atoms with van der Waals surface area (Å²) >= 11 is 0. The van der Waals surface area contributed by atoms with E-state index in [1.165, 1.54) is 6.42 Å². The number of nitrogens with zero attached hydrogens (tertiary/aromatic N) is 1. The third-order valence-corrected chi connectivity index (χ3v) is 5.65. The second-order valence-electron chi connectivity index (χ2n) is 7.51. The van der Waals surface area contributed by atoms with Gasteiger partial charge in [-0.15, -0.1) is 6.07 Å². The van der Waals surface area contributed by atoms with Crippen LogP contribution in [0.15, 0.2) is 66.4 Å². The molecule has 0 spiro atoms. The van der Waals surface area contributed by atoms with Crippen LogP contribution in [0.2, 0.25) is 0 Å². The summed E-state index contributed by atoms with van der Waals surface area (Å²) < 4.78 is 34.7. The molecule has 0 bridgehead atoms. The van der Waals surface area contributed by atoms with Gasteiger partial charge in [0.2, 0.25) is 0 Å². The molecule has 27 heavy (non-hydrogen) atoms. The Labute approximate surface area is 169 Å². The van der Waals surface area contributed by atoms with Crippen LogP contribution in [-0.2, 0) is 0 Å². The number of hydrogen-bond donors (Lipinski definition) is 0. The van der Waals surface area contributed by atoms with Crippen LogP contribution in [0, 0.1) is 13.0 Å². The molecule has 1 heteroatoms. The van der Waals surface area contributed by atoms with Gasteiger partial charge in [0.1, 0.15) is 12.2 Å². The average Bonchev–Trinajstić information content (AvgIpc) is 2.74. The Morgan fingerprint density at radius 3 is 2.52 bits per heavy atom. The fourth-order valence-electron chi connectivity index (χ4n) is 4.08. The van der Waals surface area contributed by atoms with Crippen LogP contribution in [0.1, 0.15) is 72.6 Å². The van der Waals surface area contributed by atoms with Gasteiger partial charge in [-0.3, -0.25) is 4.58 Å². The molecular formula is C26H29N. The number of aryl methyl sites for hydroxylation is 1. The van der Waals surface area contributed by atoms with E-state index in [1.54, 1.807) is 10.8 Å². The summed E-state index contributed by atoms with van der Waals surface area (Å²) in [4.78, 5) is 0. The first-order chi connectivity index (χ1) is 14.7. The van der Waals surface area contributed by atoms with E-state index in [1.807, 2.05) is 61.5 Å². The van der Waals surface area contributed by atoms with Crippen molar-refractivity contribution < 1.29 is 10.1 Å². The fourth-order valence-corrected chi connectivity index (χ4v) is 4.08. The van der Waals surface area contributed by atoms with Crippen LogP contribution in [0.4, 0.5) is 0 Å². The molecule has 138 valence electrons. The summed E-state index contributed by atoms with van der Waals surface area (Å²) in [5, 5.41) is 0. The second kappa shape index (κ2) is 7.60. The molecule has 1 saturated carbocycles.